The lowest BCUT2D eigenvalue weighted by atomic mass is 10.1. The number of aromatic nitrogens is 2. The molecule has 3 aromatic rings. The van der Waals surface area contributed by atoms with Crippen molar-refractivity contribution in [3.05, 3.63) is 70.6 Å². The number of carbonyl (C=O) groups is 1. The Bertz CT molecular complexity index is 814. The van der Waals surface area contributed by atoms with E-state index in [0.717, 1.165) is 16.3 Å². The average Bonchev–Trinajstić information content (AvgIpc) is 2.92. The first-order valence-corrected chi connectivity index (χ1v) is 7.04. The fourth-order valence-corrected chi connectivity index (χ4v) is 2.49. The van der Waals surface area contributed by atoms with Gasteiger partial charge in [-0.25, -0.2) is 9.07 Å². The van der Waals surface area contributed by atoms with Crippen molar-refractivity contribution in [2.24, 2.45) is 0 Å². The predicted octanol–water partition coefficient (Wildman–Crippen LogP) is 4.25. The van der Waals surface area contributed by atoms with Crippen LogP contribution in [0.1, 0.15) is 10.4 Å². The molecule has 2 aromatic carbocycles. The summed E-state index contributed by atoms with van der Waals surface area (Å²) >= 11 is 3.39. The van der Waals surface area contributed by atoms with Gasteiger partial charge in [-0.15, -0.1) is 0 Å². The summed E-state index contributed by atoms with van der Waals surface area (Å²) in [5, 5.41) is 4.35. The number of hydrogen-bond donors (Lipinski definition) is 0. The smallest absolute Gasteiger partial charge is 0.153 e. The molecule has 0 aliphatic heterocycles. The summed E-state index contributed by atoms with van der Waals surface area (Å²) in [4.78, 5) is 11.3. The van der Waals surface area contributed by atoms with E-state index in [1.165, 1.54) is 16.9 Å². The summed E-state index contributed by atoms with van der Waals surface area (Å²) in [6.07, 6.45) is 2.25. The molecule has 0 N–H and O–H groups in total. The Morgan fingerprint density at radius 2 is 1.95 bits per heavy atom. The van der Waals surface area contributed by atoms with E-state index in [1.807, 2.05) is 24.3 Å². The maximum absolute atomic E-state index is 13.8. The Morgan fingerprint density at radius 3 is 2.67 bits per heavy atom. The molecule has 0 radical (unpaired) electrons. The minimum Gasteiger partial charge on any atom is -0.298 e. The van der Waals surface area contributed by atoms with Crippen molar-refractivity contribution in [2.75, 3.05) is 0 Å². The fraction of sp³-hybridized carbons (Fsp3) is 0. The average molecular weight is 345 g/mol. The van der Waals surface area contributed by atoms with E-state index in [2.05, 4.69) is 21.0 Å². The van der Waals surface area contributed by atoms with Gasteiger partial charge in [-0.1, -0.05) is 40.2 Å². The molecule has 21 heavy (non-hydrogen) atoms. The van der Waals surface area contributed by atoms with Gasteiger partial charge in [0.25, 0.3) is 0 Å². The van der Waals surface area contributed by atoms with Crippen molar-refractivity contribution < 1.29 is 9.18 Å². The molecule has 1 heterocycles. The molecular weight excluding hydrogens is 335 g/mol. The number of hydrogen-bond acceptors (Lipinski definition) is 2. The highest BCUT2D eigenvalue weighted by molar-refractivity contribution is 9.10. The van der Waals surface area contributed by atoms with Gasteiger partial charge in [0.2, 0.25) is 0 Å². The molecule has 104 valence electrons. The van der Waals surface area contributed by atoms with Gasteiger partial charge in [0.15, 0.2) is 6.29 Å². The van der Waals surface area contributed by atoms with Crippen LogP contribution >= 0.6 is 15.9 Å². The first-order chi connectivity index (χ1) is 10.2. The topological polar surface area (TPSA) is 34.9 Å². The Morgan fingerprint density at radius 1 is 1.14 bits per heavy atom. The number of para-hydroxylation sites is 1. The van der Waals surface area contributed by atoms with Crippen LogP contribution in [0, 0.1) is 5.82 Å². The number of carbonyl (C=O) groups excluding carboxylic acids is 1. The minimum absolute atomic E-state index is 0.307. The zero-order valence-electron chi connectivity index (χ0n) is 10.8. The summed E-state index contributed by atoms with van der Waals surface area (Å²) in [6.45, 7) is 0. The molecule has 0 aliphatic carbocycles. The summed E-state index contributed by atoms with van der Waals surface area (Å²) < 4.78 is 16.1. The van der Waals surface area contributed by atoms with Gasteiger partial charge >= 0.3 is 0 Å². The van der Waals surface area contributed by atoms with E-state index >= 15 is 0 Å². The van der Waals surface area contributed by atoms with Crippen molar-refractivity contribution in [3.8, 4) is 16.9 Å². The zero-order valence-corrected chi connectivity index (χ0v) is 12.4. The van der Waals surface area contributed by atoms with E-state index in [4.69, 9.17) is 0 Å². The van der Waals surface area contributed by atoms with Crippen LogP contribution in [0.25, 0.3) is 16.9 Å². The molecule has 0 unspecified atom stereocenters. The van der Waals surface area contributed by atoms with Crippen molar-refractivity contribution in [2.45, 2.75) is 0 Å². The normalized spacial score (nSPS) is 10.6. The van der Waals surface area contributed by atoms with E-state index in [0.29, 0.717) is 16.9 Å². The van der Waals surface area contributed by atoms with Crippen molar-refractivity contribution in [1.29, 1.82) is 0 Å². The molecule has 0 saturated carbocycles. The van der Waals surface area contributed by atoms with Crippen molar-refractivity contribution in [1.82, 2.24) is 9.78 Å². The van der Waals surface area contributed by atoms with E-state index in [-0.39, 0.29) is 0 Å². The lowest BCUT2D eigenvalue weighted by Gasteiger charge is -2.02. The minimum atomic E-state index is -0.391. The van der Waals surface area contributed by atoms with Gasteiger partial charge in [-0.05, 0) is 24.3 Å². The Balaban J connectivity index is 2.15. The Labute approximate surface area is 129 Å². The van der Waals surface area contributed by atoms with Crippen LogP contribution in [0.3, 0.4) is 0 Å². The molecule has 0 aliphatic rings. The van der Waals surface area contributed by atoms with Gasteiger partial charge in [-0.2, -0.15) is 5.10 Å². The molecule has 0 fully saturated rings. The second-order valence-electron chi connectivity index (χ2n) is 4.46. The lowest BCUT2D eigenvalue weighted by Crippen LogP contribution is -1.97. The predicted molar refractivity (Wildman–Crippen MR) is 82.0 cm³/mol. The lowest BCUT2D eigenvalue weighted by molar-refractivity contribution is 0.112. The molecule has 3 nitrogen and oxygen atoms in total. The van der Waals surface area contributed by atoms with Crippen LogP contribution in [-0.2, 0) is 0 Å². The number of nitrogens with zero attached hydrogens (tertiary/aromatic N) is 2. The number of benzene rings is 2. The molecule has 5 heteroatoms. The van der Waals surface area contributed by atoms with Crippen LogP contribution in [0.5, 0.6) is 0 Å². The molecule has 0 spiro atoms. The van der Waals surface area contributed by atoms with E-state index < -0.39 is 5.82 Å². The first-order valence-electron chi connectivity index (χ1n) is 6.25. The molecule has 0 bridgehead atoms. The molecule has 0 amide bonds. The number of aldehydes is 1. The third kappa shape index (κ3) is 2.64. The second kappa shape index (κ2) is 5.61. The third-order valence-corrected chi connectivity index (χ3v) is 3.56. The van der Waals surface area contributed by atoms with Crippen LogP contribution in [0.4, 0.5) is 4.39 Å². The van der Waals surface area contributed by atoms with Gasteiger partial charge in [0.05, 0.1) is 5.56 Å². The van der Waals surface area contributed by atoms with Gasteiger partial charge < -0.3 is 0 Å². The maximum atomic E-state index is 13.8. The summed E-state index contributed by atoms with van der Waals surface area (Å²) in [5.41, 5.74) is 2.04. The summed E-state index contributed by atoms with van der Waals surface area (Å²) in [7, 11) is 0. The largest absolute Gasteiger partial charge is 0.298 e. The quantitative estimate of drug-likeness (QED) is 0.665. The van der Waals surface area contributed by atoms with Gasteiger partial charge in [-0.3, -0.25) is 4.79 Å². The number of halogens is 2. The molecule has 0 atom stereocenters. The van der Waals surface area contributed by atoms with Crippen LogP contribution in [-0.4, -0.2) is 16.1 Å². The standard InChI is InChI=1S/C16H10BrFN2O/c17-13-5-3-4-11(8-13)16-12(10-21)9-20(19-16)15-7-2-1-6-14(15)18/h1-10H. The highest BCUT2D eigenvalue weighted by atomic mass is 79.9. The zero-order chi connectivity index (χ0) is 14.8. The van der Waals surface area contributed by atoms with E-state index in [1.54, 1.807) is 18.2 Å². The molecule has 3 rings (SSSR count). The van der Waals surface area contributed by atoms with Gasteiger partial charge in [0.1, 0.15) is 17.2 Å². The Kier molecular flexibility index (Phi) is 3.66. The summed E-state index contributed by atoms with van der Waals surface area (Å²) in [6, 6.07) is 13.8. The monoisotopic (exact) mass is 344 g/mol. The van der Waals surface area contributed by atoms with Crippen LogP contribution in [0.15, 0.2) is 59.2 Å². The van der Waals surface area contributed by atoms with Crippen LogP contribution in [0.2, 0.25) is 0 Å². The second-order valence-corrected chi connectivity index (χ2v) is 5.37. The SMILES string of the molecule is O=Cc1cn(-c2ccccc2F)nc1-c1cccc(Br)c1. The van der Waals surface area contributed by atoms with Gasteiger partial charge in [0, 0.05) is 16.2 Å². The van der Waals surface area contributed by atoms with Crippen LogP contribution < -0.4 is 0 Å². The fourth-order valence-electron chi connectivity index (χ4n) is 2.09. The molecule has 1 aromatic heterocycles. The summed E-state index contributed by atoms with van der Waals surface area (Å²) in [5.74, 6) is -0.391. The van der Waals surface area contributed by atoms with E-state index in [9.17, 15) is 9.18 Å². The Hall–Kier alpha value is -2.27. The molecular formula is C16H10BrFN2O. The highest BCUT2D eigenvalue weighted by Crippen LogP contribution is 2.25. The number of rotatable bonds is 3. The third-order valence-electron chi connectivity index (χ3n) is 3.07. The molecule has 0 saturated heterocycles. The maximum Gasteiger partial charge on any atom is 0.153 e. The van der Waals surface area contributed by atoms with Crippen molar-refractivity contribution >= 4 is 22.2 Å². The first kappa shape index (κ1) is 13.7. The highest BCUT2D eigenvalue weighted by Gasteiger charge is 2.13. The van der Waals surface area contributed by atoms with Crippen molar-refractivity contribution in [3.63, 3.8) is 0 Å².